The van der Waals surface area contributed by atoms with Crippen molar-refractivity contribution in [1.29, 1.82) is 0 Å². The lowest BCUT2D eigenvalue weighted by Gasteiger charge is -2.11. The lowest BCUT2D eigenvalue weighted by Crippen LogP contribution is -2.25. The number of hydrogen-bond donors (Lipinski definition) is 1. The maximum absolute atomic E-state index is 12.6. The summed E-state index contributed by atoms with van der Waals surface area (Å²) in [5, 5.41) is 18.4. The second-order valence-electron chi connectivity index (χ2n) is 5.96. The van der Waals surface area contributed by atoms with E-state index in [9.17, 15) is 19.7 Å². The number of thiophene rings is 1. The van der Waals surface area contributed by atoms with Crippen molar-refractivity contribution in [1.82, 2.24) is 9.78 Å². The van der Waals surface area contributed by atoms with Crippen LogP contribution in [0.4, 0.5) is 11.5 Å². The van der Waals surface area contributed by atoms with Gasteiger partial charge in [-0.05, 0) is 37.0 Å². The van der Waals surface area contributed by atoms with Gasteiger partial charge in [-0.1, -0.05) is 11.6 Å². The van der Waals surface area contributed by atoms with Crippen molar-refractivity contribution in [3.63, 3.8) is 0 Å². The second-order valence-corrected chi connectivity index (χ2v) is 7.39. The van der Waals surface area contributed by atoms with E-state index in [0.29, 0.717) is 26.5 Å². The van der Waals surface area contributed by atoms with Crippen molar-refractivity contribution in [3.8, 4) is 0 Å². The van der Waals surface area contributed by atoms with Gasteiger partial charge in [-0.3, -0.25) is 4.79 Å². The van der Waals surface area contributed by atoms with Crippen LogP contribution in [0.5, 0.6) is 0 Å². The monoisotopic (exact) mass is 422 g/mol. The van der Waals surface area contributed by atoms with E-state index in [-0.39, 0.29) is 10.7 Å². The summed E-state index contributed by atoms with van der Waals surface area (Å²) in [5.41, 5.74) is 0.996. The van der Waals surface area contributed by atoms with Gasteiger partial charge in [0.25, 0.3) is 5.91 Å². The fourth-order valence-electron chi connectivity index (χ4n) is 2.68. The lowest BCUT2D eigenvalue weighted by atomic mass is 10.2. The van der Waals surface area contributed by atoms with Crippen LogP contribution in [0, 0.1) is 17.0 Å². The molecule has 2 heterocycles. The van der Waals surface area contributed by atoms with Crippen molar-refractivity contribution >= 4 is 56.4 Å². The summed E-state index contributed by atoms with van der Waals surface area (Å²) in [4.78, 5) is 34.9. The van der Waals surface area contributed by atoms with Crippen LogP contribution >= 0.6 is 22.9 Å². The van der Waals surface area contributed by atoms with E-state index in [1.54, 1.807) is 32.0 Å². The van der Waals surface area contributed by atoms with E-state index in [2.05, 4.69) is 10.4 Å². The highest BCUT2D eigenvalue weighted by Gasteiger charge is 2.25. The highest BCUT2D eigenvalue weighted by Crippen LogP contribution is 2.37. The van der Waals surface area contributed by atoms with E-state index >= 15 is 0 Å². The van der Waals surface area contributed by atoms with Gasteiger partial charge in [0.2, 0.25) is 0 Å². The average molecular weight is 423 g/mol. The Morgan fingerprint density at radius 1 is 1.39 bits per heavy atom. The molecule has 1 unspecified atom stereocenters. The van der Waals surface area contributed by atoms with Crippen molar-refractivity contribution in [2.45, 2.75) is 19.9 Å². The highest BCUT2D eigenvalue weighted by molar-refractivity contribution is 7.21. The Morgan fingerprint density at radius 3 is 2.71 bits per heavy atom. The maximum atomic E-state index is 12.6. The number of halogens is 1. The molecule has 146 valence electrons. The van der Waals surface area contributed by atoms with Crippen LogP contribution in [0.25, 0.3) is 10.1 Å². The predicted molar refractivity (Wildman–Crippen MR) is 105 cm³/mol. The number of esters is 1. The number of nitrogens with one attached hydrogen (secondary N) is 1. The molecule has 0 saturated heterocycles. The molecule has 0 saturated carbocycles. The molecule has 11 heteroatoms. The molecule has 0 fully saturated rings. The van der Waals surface area contributed by atoms with Gasteiger partial charge < -0.3 is 20.2 Å². The number of aromatic nitrogens is 2. The smallest absolute Gasteiger partial charge is 0.390 e. The molecule has 1 N–H and O–H groups in total. The maximum Gasteiger partial charge on any atom is 0.390 e. The minimum absolute atomic E-state index is 0.287. The fraction of sp³-hybridized carbons (Fsp3) is 0.235. The van der Waals surface area contributed by atoms with Crippen LogP contribution in [-0.2, 0) is 9.53 Å². The van der Waals surface area contributed by atoms with Crippen LogP contribution in [0.1, 0.15) is 28.3 Å². The number of rotatable bonds is 5. The Balaban J connectivity index is 1.84. The van der Waals surface area contributed by atoms with Crippen LogP contribution in [0.15, 0.2) is 24.3 Å². The number of fused-ring (bicyclic) bond motifs is 1. The zero-order valence-corrected chi connectivity index (χ0v) is 16.6. The summed E-state index contributed by atoms with van der Waals surface area (Å²) in [6.07, 6.45) is 0. The third-order valence-electron chi connectivity index (χ3n) is 4.11. The van der Waals surface area contributed by atoms with Gasteiger partial charge in [0.15, 0.2) is 0 Å². The van der Waals surface area contributed by atoms with Gasteiger partial charge in [0, 0.05) is 15.8 Å². The van der Waals surface area contributed by atoms with Crippen LogP contribution in [-0.4, -0.2) is 33.7 Å². The first kappa shape index (κ1) is 19.8. The van der Waals surface area contributed by atoms with Gasteiger partial charge in [0.1, 0.15) is 10.9 Å². The van der Waals surface area contributed by atoms with Crippen molar-refractivity contribution in [2.24, 2.45) is 0 Å². The first-order valence-electron chi connectivity index (χ1n) is 8.04. The summed E-state index contributed by atoms with van der Waals surface area (Å²) in [7, 11) is 1.28. The summed E-state index contributed by atoms with van der Waals surface area (Å²) in [6, 6.07) is 5.59. The van der Waals surface area contributed by atoms with Crippen LogP contribution < -0.4 is 5.32 Å². The number of hydrogen-bond acceptors (Lipinski definition) is 7. The molecule has 0 aliphatic rings. The predicted octanol–water partition coefficient (Wildman–Crippen LogP) is 3.95. The third kappa shape index (κ3) is 3.56. The molecule has 3 aromatic rings. The molecule has 2 aromatic heterocycles. The first-order chi connectivity index (χ1) is 13.2. The fourth-order valence-corrected chi connectivity index (χ4v) is 4.14. The third-order valence-corrected chi connectivity index (χ3v) is 5.75. The van der Waals surface area contributed by atoms with E-state index in [1.807, 2.05) is 0 Å². The molecule has 0 aliphatic carbocycles. The first-order valence-corrected chi connectivity index (χ1v) is 9.24. The quantitative estimate of drug-likeness (QED) is 0.378. The van der Waals surface area contributed by atoms with E-state index in [1.165, 1.54) is 17.9 Å². The van der Waals surface area contributed by atoms with E-state index < -0.39 is 22.8 Å². The summed E-state index contributed by atoms with van der Waals surface area (Å²) in [5.74, 6) is -1.24. The number of methoxy groups -OCH3 is 1. The number of amides is 1. The van der Waals surface area contributed by atoms with Gasteiger partial charge in [-0.25, -0.2) is 4.79 Å². The largest absolute Gasteiger partial charge is 0.465 e. The van der Waals surface area contributed by atoms with Gasteiger partial charge in [0.05, 0.1) is 29.0 Å². The summed E-state index contributed by atoms with van der Waals surface area (Å²) >= 11 is 7.38. The molecule has 28 heavy (non-hydrogen) atoms. The van der Waals surface area contributed by atoms with Crippen molar-refractivity contribution < 1.29 is 19.2 Å². The summed E-state index contributed by atoms with van der Waals surface area (Å²) in [6.45, 7) is 3.23. The van der Waals surface area contributed by atoms with Gasteiger partial charge in [-0.2, -0.15) is 4.68 Å². The molecule has 0 spiro atoms. The SMILES string of the molecule is COC(=O)c1sc2cc(NC(=O)C(C)n3nc([N+](=O)[O-])cc3C)ccc2c1Cl. The van der Waals surface area contributed by atoms with Gasteiger partial charge >= 0.3 is 11.8 Å². The molecular weight excluding hydrogens is 408 g/mol. The number of ether oxygens (including phenoxy) is 1. The number of benzene rings is 1. The molecular formula is C17H15ClN4O5S. The molecule has 1 atom stereocenters. The minimum Gasteiger partial charge on any atom is -0.465 e. The van der Waals surface area contributed by atoms with Gasteiger partial charge in [-0.15, -0.1) is 11.3 Å². The second kappa shape index (κ2) is 7.56. The van der Waals surface area contributed by atoms with E-state index in [0.717, 1.165) is 11.3 Å². The Bertz CT molecular complexity index is 1110. The van der Waals surface area contributed by atoms with Crippen molar-refractivity contribution in [3.05, 3.63) is 50.0 Å². The molecule has 3 rings (SSSR count). The molecule has 0 radical (unpaired) electrons. The Hall–Kier alpha value is -2.98. The number of nitro groups is 1. The lowest BCUT2D eigenvalue weighted by molar-refractivity contribution is -0.389. The zero-order chi connectivity index (χ0) is 20.6. The van der Waals surface area contributed by atoms with E-state index in [4.69, 9.17) is 16.3 Å². The molecule has 9 nitrogen and oxygen atoms in total. The number of nitrogens with zero attached hydrogens (tertiary/aromatic N) is 3. The zero-order valence-electron chi connectivity index (χ0n) is 15.1. The number of anilines is 1. The summed E-state index contributed by atoms with van der Waals surface area (Å²) < 4.78 is 6.72. The topological polar surface area (TPSA) is 116 Å². The Kier molecular flexibility index (Phi) is 5.34. The average Bonchev–Trinajstić information content (AvgIpc) is 3.21. The Labute approximate surface area is 168 Å². The van der Waals surface area contributed by atoms with Crippen molar-refractivity contribution in [2.75, 3.05) is 12.4 Å². The Morgan fingerprint density at radius 2 is 2.11 bits per heavy atom. The normalized spacial score (nSPS) is 12.0. The van der Waals surface area contributed by atoms with Crippen LogP contribution in [0.3, 0.4) is 0 Å². The minimum atomic E-state index is -0.762. The number of aryl methyl sites for hydroxylation is 1. The number of carbonyl (C=O) groups is 2. The molecule has 1 amide bonds. The standard InChI is InChI=1S/C17H15ClN4O5S/c1-8-6-13(22(25)26)20-21(8)9(2)16(23)19-10-4-5-11-12(7-10)28-15(14(11)18)17(24)27-3/h4-7,9H,1-3H3,(H,19,23). The highest BCUT2D eigenvalue weighted by atomic mass is 35.5. The van der Waals surface area contributed by atoms with Crippen LogP contribution in [0.2, 0.25) is 5.02 Å². The number of carbonyl (C=O) groups excluding carboxylic acids is 2. The molecule has 0 aliphatic heterocycles. The molecule has 1 aromatic carbocycles. The molecule has 0 bridgehead atoms.